The minimum atomic E-state index is 0. The Hall–Kier alpha value is -0.860. The van der Waals surface area contributed by atoms with Gasteiger partial charge in [0.1, 0.15) is 0 Å². The molecule has 0 aromatic heterocycles. The monoisotopic (exact) mass is 202 g/mol. The van der Waals surface area contributed by atoms with Crippen molar-refractivity contribution in [3.8, 4) is 0 Å². The zero-order valence-electron chi connectivity index (χ0n) is 10.1. The van der Waals surface area contributed by atoms with Gasteiger partial charge in [-0.1, -0.05) is 70.5 Å². The minimum absolute atomic E-state index is 0. The number of hydrogen-bond donors (Lipinski definition) is 1. The molecule has 0 saturated carbocycles. The summed E-state index contributed by atoms with van der Waals surface area (Å²) in [6, 6.07) is 12.0. The van der Waals surface area contributed by atoms with Crippen molar-refractivity contribution >= 4 is 0 Å². The van der Waals surface area contributed by atoms with E-state index in [-0.39, 0.29) is 5.48 Å². The molecule has 1 aromatic carbocycles. The molecular formula is C12H26O2. The van der Waals surface area contributed by atoms with Crippen LogP contribution >= 0.6 is 0 Å². The van der Waals surface area contributed by atoms with Crippen LogP contribution in [-0.4, -0.2) is 17.7 Å². The van der Waals surface area contributed by atoms with Crippen molar-refractivity contribution in [3.63, 3.8) is 0 Å². The van der Waals surface area contributed by atoms with Gasteiger partial charge in [-0.05, 0) is 0 Å². The number of hydrogen-bond acceptors (Lipinski definition) is 1. The summed E-state index contributed by atoms with van der Waals surface area (Å²) in [7, 11) is 1.00. The van der Waals surface area contributed by atoms with E-state index in [0.717, 1.165) is 7.11 Å². The van der Waals surface area contributed by atoms with Gasteiger partial charge >= 0.3 is 0 Å². The van der Waals surface area contributed by atoms with E-state index in [0.29, 0.717) is 0 Å². The first-order valence-corrected chi connectivity index (χ1v) is 4.86. The van der Waals surface area contributed by atoms with Crippen molar-refractivity contribution in [2.45, 2.75) is 34.1 Å². The smallest absolute Gasteiger partial charge is 0.0319 e. The van der Waals surface area contributed by atoms with Gasteiger partial charge in [0.25, 0.3) is 0 Å². The van der Waals surface area contributed by atoms with Crippen molar-refractivity contribution < 1.29 is 10.6 Å². The summed E-state index contributed by atoms with van der Waals surface area (Å²) in [5, 5.41) is 7.00. The predicted molar refractivity (Wildman–Crippen MR) is 65.5 cm³/mol. The van der Waals surface area contributed by atoms with Crippen LogP contribution in [-0.2, 0) is 0 Å². The van der Waals surface area contributed by atoms with Gasteiger partial charge in [-0.25, -0.2) is 0 Å². The molecule has 0 atom stereocenters. The summed E-state index contributed by atoms with van der Waals surface area (Å²) in [4.78, 5) is 0. The molecule has 1 rings (SSSR count). The van der Waals surface area contributed by atoms with E-state index in [1.54, 1.807) is 0 Å². The molecule has 0 saturated heterocycles. The maximum atomic E-state index is 7.00. The van der Waals surface area contributed by atoms with Crippen LogP contribution < -0.4 is 0 Å². The van der Waals surface area contributed by atoms with Gasteiger partial charge < -0.3 is 10.6 Å². The number of benzene rings is 1. The molecule has 14 heavy (non-hydrogen) atoms. The van der Waals surface area contributed by atoms with Gasteiger partial charge in [0, 0.05) is 7.11 Å². The van der Waals surface area contributed by atoms with E-state index in [1.807, 2.05) is 50.2 Å². The summed E-state index contributed by atoms with van der Waals surface area (Å²) in [5.74, 6) is 0. The summed E-state index contributed by atoms with van der Waals surface area (Å²) in [5.41, 5.74) is 0. The zero-order chi connectivity index (χ0) is 10.9. The fourth-order valence-electron chi connectivity index (χ4n) is 0.385. The molecule has 0 bridgehead atoms. The van der Waals surface area contributed by atoms with E-state index in [2.05, 4.69) is 13.8 Å². The molecule has 0 amide bonds. The van der Waals surface area contributed by atoms with Crippen molar-refractivity contribution in [2.75, 3.05) is 7.11 Å². The molecule has 0 spiro atoms. The first-order chi connectivity index (χ1) is 6.41. The van der Waals surface area contributed by atoms with Crippen molar-refractivity contribution in [3.05, 3.63) is 36.4 Å². The third kappa shape index (κ3) is 43.4. The second kappa shape index (κ2) is 40.0. The van der Waals surface area contributed by atoms with Crippen LogP contribution in [0.4, 0.5) is 0 Å². The predicted octanol–water partition coefficient (Wildman–Crippen LogP) is 2.91. The number of aliphatic hydroxyl groups excluding tert-OH is 1. The molecule has 1 aromatic rings. The normalized spacial score (nSPS) is 5.57. The van der Waals surface area contributed by atoms with Crippen molar-refractivity contribution in [2.24, 2.45) is 0 Å². The third-order valence-electron chi connectivity index (χ3n) is 0.667. The van der Waals surface area contributed by atoms with Gasteiger partial charge in [0.15, 0.2) is 0 Å². The zero-order valence-corrected chi connectivity index (χ0v) is 10.1. The molecule has 3 N–H and O–H groups in total. The number of rotatable bonds is 0. The molecule has 2 nitrogen and oxygen atoms in total. The van der Waals surface area contributed by atoms with Gasteiger partial charge in [-0.2, -0.15) is 0 Å². The Morgan fingerprint density at radius 2 is 0.786 bits per heavy atom. The van der Waals surface area contributed by atoms with Gasteiger partial charge in [0.05, 0.1) is 0 Å². The van der Waals surface area contributed by atoms with Crippen LogP contribution in [0.5, 0.6) is 0 Å². The minimum Gasteiger partial charge on any atom is -0.412 e. The lowest BCUT2D eigenvalue weighted by atomic mass is 10.4. The summed E-state index contributed by atoms with van der Waals surface area (Å²) >= 11 is 0. The Kier molecular flexibility index (Phi) is 66.2. The van der Waals surface area contributed by atoms with E-state index in [9.17, 15) is 0 Å². The Morgan fingerprint density at radius 3 is 0.857 bits per heavy atom. The highest BCUT2D eigenvalue weighted by Gasteiger charge is 1.57. The Labute approximate surface area is 88.9 Å². The summed E-state index contributed by atoms with van der Waals surface area (Å²) < 4.78 is 0. The third-order valence-corrected chi connectivity index (χ3v) is 0.667. The van der Waals surface area contributed by atoms with Crippen LogP contribution in [0.15, 0.2) is 36.4 Å². The molecule has 0 radical (unpaired) electrons. The SMILES string of the molecule is CC.CCC.CO.O.c1ccccc1. The quantitative estimate of drug-likeness (QED) is 0.691. The van der Waals surface area contributed by atoms with Crippen LogP contribution in [0, 0.1) is 0 Å². The largest absolute Gasteiger partial charge is 0.412 e. The number of aliphatic hydroxyl groups is 1. The first kappa shape index (κ1) is 23.2. The van der Waals surface area contributed by atoms with Crippen molar-refractivity contribution in [1.82, 2.24) is 0 Å². The average molecular weight is 202 g/mol. The highest BCUT2D eigenvalue weighted by molar-refractivity contribution is 4.99. The highest BCUT2D eigenvalue weighted by atomic mass is 16.2. The second-order valence-electron chi connectivity index (χ2n) is 1.86. The van der Waals surface area contributed by atoms with Crippen LogP contribution in [0.3, 0.4) is 0 Å². The first-order valence-electron chi connectivity index (χ1n) is 4.86. The molecule has 0 aliphatic carbocycles. The van der Waals surface area contributed by atoms with Crippen LogP contribution in [0.25, 0.3) is 0 Å². The van der Waals surface area contributed by atoms with Crippen molar-refractivity contribution in [1.29, 1.82) is 0 Å². The van der Waals surface area contributed by atoms with E-state index in [4.69, 9.17) is 5.11 Å². The van der Waals surface area contributed by atoms with Gasteiger partial charge in [-0.3, -0.25) is 0 Å². The van der Waals surface area contributed by atoms with Crippen LogP contribution in [0.1, 0.15) is 34.1 Å². The molecule has 2 heteroatoms. The average Bonchev–Trinajstić information content (AvgIpc) is 2.27. The maximum absolute atomic E-state index is 7.00. The Morgan fingerprint density at radius 1 is 0.714 bits per heavy atom. The summed E-state index contributed by atoms with van der Waals surface area (Å²) in [6.07, 6.45) is 1.25. The standard InChI is InChI=1S/C6H6.C3H8.C2H6.CH4O.H2O/c1-2-4-6-5-3-1;1-3-2;2*1-2;/h1-6H;3H2,1-2H3;1-2H3;2H,1H3;1H2. The lowest BCUT2D eigenvalue weighted by molar-refractivity contribution is 0.399. The molecule has 0 unspecified atom stereocenters. The lowest BCUT2D eigenvalue weighted by Crippen LogP contribution is -1.47. The lowest BCUT2D eigenvalue weighted by Gasteiger charge is -1.69. The van der Waals surface area contributed by atoms with Gasteiger partial charge in [-0.15, -0.1) is 0 Å². The fourth-order valence-corrected chi connectivity index (χ4v) is 0.385. The Balaban J connectivity index is -0.0000000549. The second-order valence-corrected chi connectivity index (χ2v) is 1.86. The molecular weight excluding hydrogens is 176 g/mol. The van der Waals surface area contributed by atoms with Gasteiger partial charge in [0.2, 0.25) is 0 Å². The Bertz CT molecular complexity index is 91.2. The molecule has 0 aliphatic heterocycles. The molecule has 0 heterocycles. The fraction of sp³-hybridized carbons (Fsp3) is 0.500. The van der Waals surface area contributed by atoms with Crippen LogP contribution in [0.2, 0.25) is 0 Å². The molecule has 0 aliphatic rings. The summed E-state index contributed by atoms with van der Waals surface area (Å²) in [6.45, 7) is 8.25. The maximum Gasteiger partial charge on any atom is 0.0319 e. The van der Waals surface area contributed by atoms with E-state index >= 15 is 0 Å². The van der Waals surface area contributed by atoms with E-state index in [1.165, 1.54) is 6.42 Å². The molecule has 86 valence electrons. The molecule has 0 fully saturated rings. The highest BCUT2D eigenvalue weighted by Crippen LogP contribution is 1.79. The van der Waals surface area contributed by atoms with E-state index < -0.39 is 0 Å². The topological polar surface area (TPSA) is 51.7 Å².